The number of aryl methyl sites for hydroxylation is 2. The van der Waals surface area contributed by atoms with Crippen molar-refractivity contribution in [2.24, 2.45) is 0 Å². The number of aliphatic carboxylic acids is 1. The summed E-state index contributed by atoms with van der Waals surface area (Å²) in [7, 11) is 0. The summed E-state index contributed by atoms with van der Waals surface area (Å²) < 4.78 is 14.1. The second-order valence-electron chi connectivity index (χ2n) is 7.22. The molecule has 0 spiro atoms. The number of nitrogens with zero attached hydrogens (tertiary/aromatic N) is 1. The summed E-state index contributed by atoms with van der Waals surface area (Å²) >= 11 is 0. The minimum atomic E-state index is -0.837. The van der Waals surface area contributed by atoms with Crippen LogP contribution in [0.25, 0.3) is 0 Å². The average molecular weight is 371 g/mol. The lowest BCUT2D eigenvalue weighted by molar-refractivity contribution is -0.137. The molecule has 1 N–H and O–H groups in total. The lowest BCUT2D eigenvalue weighted by atomic mass is 10.0. The number of carbonyl (C=O) groups is 1. The fourth-order valence-electron chi connectivity index (χ4n) is 3.18. The molecule has 2 aromatic carbocycles. The smallest absolute Gasteiger partial charge is 0.304 e. The molecule has 0 bridgehead atoms. The number of rotatable bonds is 11. The van der Waals surface area contributed by atoms with Crippen LogP contribution in [0.1, 0.15) is 54.9 Å². The topological polar surface area (TPSA) is 40.5 Å². The fraction of sp³-hybridized carbons (Fsp3) is 0.435. The summed E-state index contributed by atoms with van der Waals surface area (Å²) in [6, 6.07) is 13.5. The molecular formula is C23H30FNO2. The third-order valence-electron chi connectivity index (χ3n) is 4.74. The number of hydrogen-bond acceptors (Lipinski definition) is 2. The van der Waals surface area contributed by atoms with Crippen LogP contribution in [0, 0.1) is 12.7 Å². The maximum atomic E-state index is 14.1. The van der Waals surface area contributed by atoms with Crippen molar-refractivity contribution in [3.8, 4) is 0 Å². The monoisotopic (exact) mass is 371 g/mol. The van der Waals surface area contributed by atoms with Gasteiger partial charge in [-0.25, -0.2) is 4.39 Å². The van der Waals surface area contributed by atoms with Crippen molar-refractivity contribution in [3.63, 3.8) is 0 Å². The largest absolute Gasteiger partial charge is 0.481 e. The highest BCUT2D eigenvalue weighted by Gasteiger charge is 2.12. The molecule has 2 rings (SSSR count). The summed E-state index contributed by atoms with van der Waals surface area (Å²) in [4.78, 5) is 13.0. The van der Waals surface area contributed by atoms with Crippen molar-refractivity contribution >= 4 is 5.97 Å². The molecule has 3 nitrogen and oxygen atoms in total. The third kappa shape index (κ3) is 7.51. The maximum absolute atomic E-state index is 14.1. The van der Waals surface area contributed by atoms with E-state index in [4.69, 9.17) is 5.11 Å². The first-order valence-electron chi connectivity index (χ1n) is 9.75. The van der Waals surface area contributed by atoms with Crippen LogP contribution in [-0.4, -0.2) is 22.5 Å². The van der Waals surface area contributed by atoms with E-state index in [9.17, 15) is 9.18 Å². The lowest BCUT2D eigenvalue weighted by Gasteiger charge is -2.22. The van der Waals surface area contributed by atoms with Gasteiger partial charge in [-0.3, -0.25) is 9.69 Å². The van der Waals surface area contributed by atoms with Crippen molar-refractivity contribution < 1.29 is 14.3 Å². The highest BCUT2D eigenvalue weighted by molar-refractivity contribution is 5.66. The number of carboxylic acids is 1. The van der Waals surface area contributed by atoms with E-state index < -0.39 is 5.97 Å². The highest BCUT2D eigenvalue weighted by atomic mass is 19.1. The Morgan fingerprint density at radius 1 is 1.04 bits per heavy atom. The van der Waals surface area contributed by atoms with Gasteiger partial charge in [-0.15, -0.1) is 0 Å². The first-order valence-corrected chi connectivity index (χ1v) is 9.75. The number of carboxylic acid groups (broad SMARTS) is 1. The van der Waals surface area contributed by atoms with Gasteiger partial charge in [-0.2, -0.15) is 0 Å². The molecule has 0 atom stereocenters. The lowest BCUT2D eigenvalue weighted by Crippen LogP contribution is -2.26. The SMILES string of the molecule is CCCCCc1ccc(CN(CCC(=O)O)Cc2cc(C)ccc2F)cc1. The molecule has 0 aliphatic rings. The van der Waals surface area contributed by atoms with Crippen molar-refractivity contribution in [1.82, 2.24) is 4.90 Å². The summed E-state index contributed by atoms with van der Waals surface area (Å²) in [5, 5.41) is 9.03. The van der Waals surface area contributed by atoms with Crippen LogP contribution in [0.3, 0.4) is 0 Å². The van der Waals surface area contributed by atoms with Crippen molar-refractivity contribution in [2.45, 2.75) is 59.0 Å². The van der Waals surface area contributed by atoms with Crippen LogP contribution in [0.5, 0.6) is 0 Å². The van der Waals surface area contributed by atoms with Crippen molar-refractivity contribution in [1.29, 1.82) is 0 Å². The van der Waals surface area contributed by atoms with Gasteiger partial charge in [0, 0.05) is 25.2 Å². The average Bonchev–Trinajstić information content (AvgIpc) is 2.64. The number of unbranched alkanes of at least 4 members (excludes halogenated alkanes) is 2. The molecule has 0 heterocycles. The first kappa shape index (κ1) is 21.1. The molecule has 0 radical (unpaired) electrons. The van der Waals surface area contributed by atoms with E-state index in [1.165, 1.54) is 30.9 Å². The highest BCUT2D eigenvalue weighted by Crippen LogP contribution is 2.16. The number of benzene rings is 2. The Bertz CT molecular complexity index is 728. The van der Waals surface area contributed by atoms with Crippen LogP contribution >= 0.6 is 0 Å². The van der Waals surface area contributed by atoms with Gasteiger partial charge in [0.1, 0.15) is 5.82 Å². The molecule has 0 aliphatic carbocycles. The summed E-state index contributed by atoms with van der Waals surface area (Å²) in [6.07, 6.45) is 4.79. The Morgan fingerprint density at radius 2 is 1.74 bits per heavy atom. The van der Waals surface area contributed by atoms with E-state index in [1.807, 2.05) is 17.9 Å². The van der Waals surface area contributed by atoms with Crippen LogP contribution < -0.4 is 0 Å². The van der Waals surface area contributed by atoms with Crippen molar-refractivity contribution in [3.05, 3.63) is 70.5 Å². The predicted molar refractivity (Wildman–Crippen MR) is 107 cm³/mol. The van der Waals surface area contributed by atoms with Crippen molar-refractivity contribution in [2.75, 3.05) is 6.54 Å². The maximum Gasteiger partial charge on any atom is 0.304 e. The van der Waals surface area contributed by atoms with E-state index in [2.05, 4.69) is 31.2 Å². The molecule has 0 amide bonds. The molecule has 0 unspecified atom stereocenters. The molecular weight excluding hydrogens is 341 g/mol. The van der Waals surface area contributed by atoms with Gasteiger partial charge in [-0.1, -0.05) is 61.7 Å². The number of halogens is 1. The van der Waals surface area contributed by atoms with Crippen LogP contribution in [0.15, 0.2) is 42.5 Å². The molecule has 0 aliphatic heterocycles. The van der Waals surface area contributed by atoms with Gasteiger partial charge >= 0.3 is 5.97 Å². The summed E-state index contributed by atoms with van der Waals surface area (Å²) in [5.74, 6) is -1.08. The molecule has 4 heteroatoms. The molecule has 27 heavy (non-hydrogen) atoms. The van der Waals surface area contributed by atoms with Gasteiger partial charge in [0.25, 0.3) is 0 Å². The van der Waals surface area contributed by atoms with Crippen LogP contribution in [0.4, 0.5) is 4.39 Å². The van der Waals surface area contributed by atoms with Crippen LogP contribution in [-0.2, 0) is 24.3 Å². The third-order valence-corrected chi connectivity index (χ3v) is 4.74. The Balaban J connectivity index is 2.05. The van der Waals surface area contributed by atoms with E-state index in [0.717, 1.165) is 17.5 Å². The molecule has 146 valence electrons. The summed E-state index contributed by atoms with van der Waals surface area (Å²) in [5.41, 5.74) is 4.05. The minimum absolute atomic E-state index is 0.0442. The molecule has 0 saturated carbocycles. The normalized spacial score (nSPS) is 11.1. The Labute approximate surface area is 161 Å². The van der Waals surface area contributed by atoms with Gasteiger partial charge < -0.3 is 5.11 Å². The van der Waals surface area contributed by atoms with E-state index in [1.54, 1.807) is 6.07 Å². The molecule has 0 saturated heterocycles. The Hall–Kier alpha value is -2.20. The number of hydrogen-bond donors (Lipinski definition) is 1. The molecule has 0 fully saturated rings. The van der Waals surface area contributed by atoms with E-state index in [0.29, 0.717) is 25.2 Å². The first-order chi connectivity index (χ1) is 13.0. The van der Waals surface area contributed by atoms with E-state index in [-0.39, 0.29) is 12.2 Å². The molecule has 0 aromatic heterocycles. The van der Waals surface area contributed by atoms with E-state index >= 15 is 0 Å². The van der Waals surface area contributed by atoms with Crippen LogP contribution in [0.2, 0.25) is 0 Å². The zero-order valence-electron chi connectivity index (χ0n) is 16.4. The van der Waals surface area contributed by atoms with Gasteiger partial charge in [0.2, 0.25) is 0 Å². The minimum Gasteiger partial charge on any atom is -0.481 e. The zero-order valence-corrected chi connectivity index (χ0v) is 16.4. The second kappa shape index (κ2) is 10.8. The van der Waals surface area contributed by atoms with Gasteiger partial charge in [-0.05, 0) is 37.0 Å². The fourth-order valence-corrected chi connectivity index (χ4v) is 3.18. The predicted octanol–water partition coefficient (Wildman–Crippen LogP) is 5.34. The van der Waals surface area contributed by atoms with Gasteiger partial charge in [0.15, 0.2) is 0 Å². The Kier molecular flexibility index (Phi) is 8.46. The zero-order chi connectivity index (χ0) is 19.6. The quantitative estimate of drug-likeness (QED) is 0.542. The second-order valence-corrected chi connectivity index (χ2v) is 7.22. The Morgan fingerprint density at radius 3 is 2.41 bits per heavy atom. The summed E-state index contributed by atoms with van der Waals surface area (Å²) in [6.45, 7) is 5.53. The standard InChI is InChI=1S/C23H30FNO2/c1-3-4-5-6-19-8-10-20(11-9-19)16-25(14-13-23(26)27)17-21-15-18(2)7-12-22(21)24/h7-12,15H,3-6,13-14,16-17H2,1-2H3,(H,26,27). The molecule has 2 aromatic rings. The van der Waals surface area contributed by atoms with Gasteiger partial charge in [0.05, 0.1) is 6.42 Å².